The van der Waals surface area contributed by atoms with Crippen LogP contribution >= 0.6 is 11.6 Å². The Labute approximate surface area is 86.4 Å². The number of benzene rings is 1. The summed E-state index contributed by atoms with van der Waals surface area (Å²) in [6.45, 7) is 0.422. The maximum atomic E-state index is 10.4. The first-order valence-corrected chi connectivity index (χ1v) is 4.28. The van der Waals surface area contributed by atoms with Crippen LogP contribution in [0, 0.1) is 0 Å². The van der Waals surface area contributed by atoms with E-state index in [4.69, 9.17) is 21.4 Å². The number of anilines is 1. The summed E-state index contributed by atoms with van der Waals surface area (Å²) in [4.78, 5) is 10.4. The van der Waals surface area contributed by atoms with Gasteiger partial charge in [-0.1, -0.05) is 17.7 Å². The molecule has 1 aromatic rings. The van der Waals surface area contributed by atoms with Gasteiger partial charge >= 0.3 is 6.09 Å². The molecular formula is C9H10ClNO3. The maximum Gasteiger partial charge on any atom is 0.409 e. The fraction of sp³-hybridized carbons (Fsp3) is 0.222. The van der Waals surface area contributed by atoms with Gasteiger partial charge in [0.2, 0.25) is 0 Å². The van der Waals surface area contributed by atoms with Crippen molar-refractivity contribution in [2.24, 2.45) is 0 Å². The zero-order chi connectivity index (χ0) is 10.6. The van der Waals surface area contributed by atoms with Gasteiger partial charge in [0.25, 0.3) is 0 Å². The van der Waals surface area contributed by atoms with E-state index < -0.39 is 6.09 Å². The molecule has 0 radical (unpaired) electrons. The summed E-state index contributed by atoms with van der Waals surface area (Å²) in [6, 6.07) is 5.04. The first kappa shape index (κ1) is 10.8. The maximum absolute atomic E-state index is 10.4. The van der Waals surface area contributed by atoms with E-state index in [1.165, 1.54) is 0 Å². The highest BCUT2D eigenvalue weighted by Crippen LogP contribution is 2.23. The SMILES string of the molecule is COCc1ccc(Cl)c(NC(=O)O)c1. The Hall–Kier alpha value is -1.26. The minimum Gasteiger partial charge on any atom is -0.465 e. The molecule has 2 N–H and O–H groups in total. The van der Waals surface area contributed by atoms with E-state index in [2.05, 4.69) is 5.32 Å². The molecule has 1 rings (SSSR count). The third-order valence-corrected chi connectivity index (χ3v) is 1.91. The van der Waals surface area contributed by atoms with Crippen LogP contribution < -0.4 is 5.32 Å². The zero-order valence-corrected chi connectivity index (χ0v) is 8.34. The quantitative estimate of drug-likeness (QED) is 0.815. The van der Waals surface area contributed by atoms with Crippen molar-refractivity contribution >= 4 is 23.4 Å². The molecule has 0 atom stereocenters. The molecule has 5 heteroatoms. The summed E-state index contributed by atoms with van der Waals surface area (Å²) in [6.07, 6.45) is -1.14. The van der Waals surface area contributed by atoms with Crippen LogP contribution in [0.3, 0.4) is 0 Å². The molecule has 0 spiro atoms. The summed E-state index contributed by atoms with van der Waals surface area (Å²) >= 11 is 5.77. The van der Waals surface area contributed by atoms with E-state index in [1.807, 2.05) is 0 Å². The Bertz CT molecular complexity index is 341. The number of hydrogen-bond donors (Lipinski definition) is 2. The number of methoxy groups -OCH3 is 1. The normalized spacial score (nSPS) is 9.86. The Balaban J connectivity index is 2.90. The van der Waals surface area contributed by atoms with Gasteiger partial charge < -0.3 is 9.84 Å². The van der Waals surface area contributed by atoms with Gasteiger partial charge in [-0.05, 0) is 17.7 Å². The lowest BCUT2D eigenvalue weighted by molar-refractivity contribution is 0.185. The Morgan fingerprint density at radius 3 is 2.93 bits per heavy atom. The number of ether oxygens (including phenoxy) is 1. The molecule has 0 aliphatic heterocycles. The number of carboxylic acid groups (broad SMARTS) is 1. The molecule has 14 heavy (non-hydrogen) atoms. The second kappa shape index (κ2) is 4.83. The number of carbonyl (C=O) groups is 1. The Morgan fingerprint density at radius 2 is 2.36 bits per heavy atom. The monoisotopic (exact) mass is 215 g/mol. The van der Waals surface area contributed by atoms with Crippen LogP contribution in [0.5, 0.6) is 0 Å². The number of halogens is 1. The predicted molar refractivity (Wildman–Crippen MR) is 53.8 cm³/mol. The molecule has 0 aliphatic carbocycles. The highest BCUT2D eigenvalue weighted by molar-refractivity contribution is 6.33. The summed E-state index contributed by atoms with van der Waals surface area (Å²) < 4.78 is 4.91. The van der Waals surface area contributed by atoms with Crippen molar-refractivity contribution in [2.75, 3.05) is 12.4 Å². The zero-order valence-electron chi connectivity index (χ0n) is 7.58. The summed E-state index contributed by atoms with van der Waals surface area (Å²) in [5.41, 5.74) is 1.23. The van der Waals surface area contributed by atoms with Crippen molar-refractivity contribution in [1.29, 1.82) is 0 Å². The van der Waals surface area contributed by atoms with Crippen LogP contribution in [0.15, 0.2) is 18.2 Å². The fourth-order valence-corrected chi connectivity index (χ4v) is 1.20. The van der Waals surface area contributed by atoms with Crippen LogP contribution in [0.4, 0.5) is 10.5 Å². The van der Waals surface area contributed by atoms with Crippen LogP contribution in [-0.2, 0) is 11.3 Å². The smallest absolute Gasteiger partial charge is 0.409 e. The highest BCUT2D eigenvalue weighted by Gasteiger charge is 2.04. The van der Waals surface area contributed by atoms with Crippen molar-refractivity contribution in [1.82, 2.24) is 0 Å². The topological polar surface area (TPSA) is 58.6 Å². The van der Waals surface area contributed by atoms with Crippen LogP contribution in [0.2, 0.25) is 5.02 Å². The van der Waals surface area contributed by atoms with Gasteiger partial charge in [0, 0.05) is 7.11 Å². The van der Waals surface area contributed by atoms with Gasteiger partial charge in [-0.15, -0.1) is 0 Å². The van der Waals surface area contributed by atoms with E-state index in [9.17, 15) is 4.79 Å². The Kier molecular flexibility index (Phi) is 3.73. The second-order valence-corrected chi connectivity index (χ2v) is 3.08. The first-order chi connectivity index (χ1) is 6.63. The van der Waals surface area contributed by atoms with Crippen LogP contribution in [0.25, 0.3) is 0 Å². The fourth-order valence-electron chi connectivity index (χ4n) is 1.04. The van der Waals surface area contributed by atoms with Crippen molar-refractivity contribution in [3.63, 3.8) is 0 Å². The van der Waals surface area contributed by atoms with E-state index in [0.29, 0.717) is 17.3 Å². The van der Waals surface area contributed by atoms with E-state index in [1.54, 1.807) is 25.3 Å². The largest absolute Gasteiger partial charge is 0.465 e. The third kappa shape index (κ3) is 2.90. The standard InChI is InChI=1S/C9H10ClNO3/c1-14-5-6-2-3-7(10)8(4-6)11-9(12)13/h2-4,11H,5H2,1H3,(H,12,13). The number of rotatable bonds is 3. The van der Waals surface area contributed by atoms with Crippen LogP contribution in [-0.4, -0.2) is 18.3 Å². The van der Waals surface area contributed by atoms with Crippen molar-refractivity contribution < 1.29 is 14.6 Å². The molecule has 0 fully saturated rings. The molecule has 0 aliphatic rings. The minimum atomic E-state index is -1.14. The van der Waals surface area contributed by atoms with Crippen LogP contribution in [0.1, 0.15) is 5.56 Å². The molecule has 0 aromatic heterocycles. The number of nitrogens with one attached hydrogen (secondary N) is 1. The van der Waals surface area contributed by atoms with Gasteiger partial charge in [-0.3, -0.25) is 5.32 Å². The second-order valence-electron chi connectivity index (χ2n) is 2.68. The lowest BCUT2D eigenvalue weighted by Gasteiger charge is -2.06. The predicted octanol–water partition coefficient (Wildman–Crippen LogP) is 2.58. The average molecular weight is 216 g/mol. The molecule has 0 saturated heterocycles. The van der Waals surface area contributed by atoms with E-state index in [0.717, 1.165) is 5.56 Å². The van der Waals surface area contributed by atoms with E-state index >= 15 is 0 Å². The molecule has 0 saturated carbocycles. The molecule has 0 unspecified atom stereocenters. The van der Waals surface area contributed by atoms with Gasteiger partial charge in [0.15, 0.2) is 0 Å². The summed E-state index contributed by atoms with van der Waals surface area (Å²) in [5, 5.41) is 11.1. The van der Waals surface area contributed by atoms with Crippen molar-refractivity contribution in [3.05, 3.63) is 28.8 Å². The molecule has 1 aromatic carbocycles. The average Bonchev–Trinajstić information content (AvgIpc) is 2.10. The van der Waals surface area contributed by atoms with Gasteiger partial charge in [0.1, 0.15) is 0 Å². The molecule has 0 bridgehead atoms. The summed E-state index contributed by atoms with van der Waals surface area (Å²) in [7, 11) is 1.57. The van der Waals surface area contributed by atoms with Crippen molar-refractivity contribution in [3.8, 4) is 0 Å². The first-order valence-electron chi connectivity index (χ1n) is 3.91. The molecule has 0 heterocycles. The molecule has 4 nitrogen and oxygen atoms in total. The van der Waals surface area contributed by atoms with Gasteiger partial charge in [-0.2, -0.15) is 0 Å². The third-order valence-electron chi connectivity index (χ3n) is 1.58. The minimum absolute atomic E-state index is 0.368. The Morgan fingerprint density at radius 1 is 1.64 bits per heavy atom. The lowest BCUT2D eigenvalue weighted by Crippen LogP contribution is -2.08. The van der Waals surface area contributed by atoms with Crippen molar-refractivity contribution in [2.45, 2.75) is 6.61 Å². The highest BCUT2D eigenvalue weighted by atomic mass is 35.5. The number of hydrogen-bond acceptors (Lipinski definition) is 2. The summed E-state index contributed by atoms with van der Waals surface area (Å²) in [5.74, 6) is 0. The molecule has 76 valence electrons. The van der Waals surface area contributed by atoms with Gasteiger partial charge in [0.05, 0.1) is 17.3 Å². The van der Waals surface area contributed by atoms with Gasteiger partial charge in [-0.25, -0.2) is 4.79 Å². The molecular weight excluding hydrogens is 206 g/mol. The number of amides is 1. The lowest BCUT2D eigenvalue weighted by atomic mass is 10.2. The van der Waals surface area contributed by atoms with E-state index in [-0.39, 0.29) is 0 Å². The molecule has 1 amide bonds.